The van der Waals surface area contributed by atoms with Crippen molar-refractivity contribution in [3.8, 4) is 0 Å². The van der Waals surface area contributed by atoms with Crippen molar-refractivity contribution in [1.82, 2.24) is 10.2 Å². The van der Waals surface area contributed by atoms with Crippen molar-refractivity contribution in [2.24, 2.45) is 5.92 Å². The van der Waals surface area contributed by atoms with Crippen LogP contribution in [-0.4, -0.2) is 42.6 Å². The Kier molecular flexibility index (Phi) is 8.16. The molecule has 0 bridgehead atoms. The zero-order valence-electron chi connectivity index (χ0n) is 13.7. The van der Waals surface area contributed by atoms with E-state index in [4.69, 9.17) is 4.74 Å². The maximum atomic E-state index is 12.3. The molecule has 0 atom stereocenters. The summed E-state index contributed by atoms with van der Waals surface area (Å²) in [5, 5.41) is 2.90. The molecular formula is C16H30N2O3. The number of hydrogen-bond acceptors (Lipinski definition) is 3. The van der Waals surface area contributed by atoms with Gasteiger partial charge in [-0.2, -0.15) is 0 Å². The van der Waals surface area contributed by atoms with Crippen LogP contribution in [0.4, 0.5) is 4.79 Å². The number of piperidine rings is 1. The molecule has 1 saturated heterocycles. The van der Waals surface area contributed by atoms with E-state index in [2.05, 4.69) is 26.1 Å². The summed E-state index contributed by atoms with van der Waals surface area (Å²) in [6.07, 6.45) is 5.02. The van der Waals surface area contributed by atoms with E-state index in [0.717, 1.165) is 51.6 Å². The fourth-order valence-corrected chi connectivity index (χ4v) is 2.66. The fourth-order valence-electron chi connectivity index (χ4n) is 2.66. The van der Waals surface area contributed by atoms with Gasteiger partial charge in [-0.15, -0.1) is 0 Å². The monoisotopic (exact) mass is 298 g/mol. The molecule has 5 nitrogen and oxygen atoms in total. The summed E-state index contributed by atoms with van der Waals surface area (Å²) in [5.74, 6) is 0.414. The SMILES string of the molecule is CCCCOC(=O)NC1CCN(C(=O)C(CC)CC)CC1. The van der Waals surface area contributed by atoms with E-state index in [9.17, 15) is 9.59 Å². The summed E-state index contributed by atoms with van der Waals surface area (Å²) < 4.78 is 5.10. The average molecular weight is 298 g/mol. The minimum Gasteiger partial charge on any atom is -0.450 e. The molecule has 1 rings (SSSR count). The van der Waals surface area contributed by atoms with Gasteiger partial charge in [-0.1, -0.05) is 27.2 Å². The molecule has 1 aliphatic rings. The van der Waals surface area contributed by atoms with E-state index >= 15 is 0 Å². The molecule has 2 amide bonds. The minimum atomic E-state index is -0.326. The maximum absolute atomic E-state index is 12.3. The Morgan fingerprint density at radius 1 is 1.19 bits per heavy atom. The Hall–Kier alpha value is -1.26. The molecule has 0 aromatic rings. The molecule has 0 aliphatic carbocycles. The number of alkyl carbamates (subject to hydrolysis) is 1. The third kappa shape index (κ3) is 5.94. The molecule has 0 spiro atoms. The van der Waals surface area contributed by atoms with Gasteiger partial charge in [0.1, 0.15) is 0 Å². The highest BCUT2D eigenvalue weighted by molar-refractivity contribution is 5.78. The summed E-state index contributed by atoms with van der Waals surface area (Å²) in [6.45, 7) is 8.13. The van der Waals surface area contributed by atoms with Crippen molar-refractivity contribution >= 4 is 12.0 Å². The van der Waals surface area contributed by atoms with Gasteiger partial charge in [0.15, 0.2) is 0 Å². The van der Waals surface area contributed by atoms with Gasteiger partial charge < -0.3 is 15.0 Å². The van der Waals surface area contributed by atoms with Crippen LogP contribution in [0.25, 0.3) is 0 Å². The van der Waals surface area contributed by atoms with Gasteiger partial charge >= 0.3 is 6.09 Å². The number of amides is 2. The minimum absolute atomic E-state index is 0.130. The maximum Gasteiger partial charge on any atom is 0.407 e. The van der Waals surface area contributed by atoms with Crippen molar-refractivity contribution in [3.63, 3.8) is 0 Å². The zero-order valence-corrected chi connectivity index (χ0v) is 13.7. The molecule has 21 heavy (non-hydrogen) atoms. The van der Waals surface area contributed by atoms with Crippen LogP contribution < -0.4 is 5.32 Å². The molecule has 1 aliphatic heterocycles. The van der Waals surface area contributed by atoms with Crippen LogP contribution >= 0.6 is 0 Å². The summed E-state index contributed by atoms with van der Waals surface area (Å²) in [4.78, 5) is 25.8. The quantitative estimate of drug-likeness (QED) is 0.735. The molecule has 0 saturated carbocycles. The van der Waals surface area contributed by atoms with Gasteiger partial charge in [-0.3, -0.25) is 4.79 Å². The molecule has 0 radical (unpaired) electrons. The largest absolute Gasteiger partial charge is 0.450 e. The first kappa shape index (κ1) is 17.8. The number of likely N-dealkylation sites (tertiary alicyclic amines) is 1. The molecule has 0 unspecified atom stereocenters. The number of unbranched alkanes of at least 4 members (excludes halogenated alkanes) is 1. The summed E-state index contributed by atoms with van der Waals surface area (Å²) >= 11 is 0. The lowest BCUT2D eigenvalue weighted by Gasteiger charge is -2.34. The third-order valence-corrected chi connectivity index (χ3v) is 4.19. The molecule has 0 aromatic carbocycles. The Morgan fingerprint density at radius 2 is 1.81 bits per heavy atom. The molecular weight excluding hydrogens is 268 g/mol. The first-order valence-corrected chi connectivity index (χ1v) is 8.34. The van der Waals surface area contributed by atoms with E-state index in [0.29, 0.717) is 6.61 Å². The standard InChI is InChI=1S/C16H30N2O3/c1-4-7-12-21-16(20)17-14-8-10-18(11-9-14)15(19)13(5-2)6-3/h13-14H,4-12H2,1-3H3,(H,17,20). The predicted molar refractivity (Wildman–Crippen MR) is 83.1 cm³/mol. The van der Waals surface area contributed by atoms with Gasteiger partial charge in [-0.05, 0) is 32.1 Å². The fraction of sp³-hybridized carbons (Fsp3) is 0.875. The van der Waals surface area contributed by atoms with Crippen LogP contribution in [0, 0.1) is 5.92 Å². The molecule has 1 fully saturated rings. The number of nitrogens with one attached hydrogen (secondary N) is 1. The van der Waals surface area contributed by atoms with Gasteiger partial charge in [0, 0.05) is 25.0 Å². The number of carbonyl (C=O) groups is 2. The second-order valence-corrected chi connectivity index (χ2v) is 5.75. The second-order valence-electron chi connectivity index (χ2n) is 5.75. The zero-order chi connectivity index (χ0) is 15.7. The Labute approximate surface area is 128 Å². The number of rotatable bonds is 7. The Bertz CT molecular complexity index is 321. The number of nitrogens with zero attached hydrogens (tertiary/aromatic N) is 1. The van der Waals surface area contributed by atoms with E-state index in [-0.39, 0.29) is 24.0 Å². The number of carbonyl (C=O) groups excluding carboxylic acids is 2. The Morgan fingerprint density at radius 3 is 2.33 bits per heavy atom. The van der Waals surface area contributed by atoms with E-state index in [1.54, 1.807) is 0 Å². The first-order chi connectivity index (χ1) is 10.1. The molecule has 122 valence electrons. The highest BCUT2D eigenvalue weighted by Gasteiger charge is 2.27. The van der Waals surface area contributed by atoms with Crippen LogP contribution in [0.15, 0.2) is 0 Å². The smallest absolute Gasteiger partial charge is 0.407 e. The van der Waals surface area contributed by atoms with Crippen LogP contribution in [0.2, 0.25) is 0 Å². The molecule has 5 heteroatoms. The highest BCUT2D eigenvalue weighted by atomic mass is 16.5. The van der Waals surface area contributed by atoms with Crippen molar-refractivity contribution in [1.29, 1.82) is 0 Å². The van der Waals surface area contributed by atoms with Gasteiger partial charge in [0.25, 0.3) is 0 Å². The van der Waals surface area contributed by atoms with Crippen LogP contribution in [-0.2, 0) is 9.53 Å². The topological polar surface area (TPSA) is 58.6 Å². The first-order valence-electron chi connectivity index (χ1n) is 8.34. The van der Waals surface area contributed by atoms with Gasteiger partial charge in [0.05, 0.1) is 6.61 Å². The third-order valence-electron chi connectivity index (χ3n) is 4.19. The normalized spacial score (nSPS) is 16.1. The van der Waals surface area contributed by atoms with Crippen LogP contribution in [0.3, 0.4) is 0 Å². The van der Waals surface area contributed by atoms with Crippen molar-refractivity contribution in [3.05, 3.63) is 0 Å². The van der Waals surface area contributed by atoms with Crippen molar-refractivity contribution in [2.75, 3.05) is 19.7 Å². The molecule has 0 aromatic heterocycles. The lowest BCUT2D eigenvalue weighted by molar-refractivity contribution is -0.136. The van der Waals surface area contributed by atoms with Crippen molar-refractivity contribution < 1.29 is 14.3 Å². The molecule has 1 N–H and O–H groups in total. The number of hydrogen-bond donors (Lipinski definition) is 1. The van der Waals surface area contributed by atoms with Gasteiger partial charge in [0.2, 0.25) is 5.91 Å². The number of ether oxygens (including phenoxy) is 1. The lowest BCUT2D eigenvalue weighted by atomic mass is 9.98. The van der Waals surface area contributed by atoms with Crippen LogP contribution in [0.1, 0.15) is 59.3 Å². The average Bonchev–Trinajstić information content (AvgIpc) is 2.49. The van der Waals surface area contributed by atoms with Crippen molar-refractivity contribution in [2.45, 2.75) is 65.3 Å². The highest BCUT2D eigenvalue weighted by Crippen LogP contribution is 2.17. The summed E-state index contributed by atoms with van der Waals surface area (Å²) in [5.41, 5.74) is 0. The summed E-state index contributed by atoms with van der Waals surface area (Å²) in [7, 11) is 0. The Balaban J connectivity index is 2.28. The van der Waals surface area contributed by atoms with Gasteiger partial charge in [-0.25, -0.2) is 4.79 Å². The summed E-state index contributed by atoms with van der Waals surface area (Å²) in [6, 6.07) is 0.130. The lowest BCUT2D eigenvalue weighted by Crippen LogP contribution is -2.48. The second kappa shape index (κ2) is 9.64. The predicted octanol–water partition coefficient (Wildman–Crippen LogP) is 2.94. The van der Waals surface area contributed by atoms with Crippen LogP contribution in [0.5, 0.6) is 0 Å². The van der Waals surface area contributed by atoms with E-state index in [1.165, 1.54) is 0 Å². The van der Waals surface area contributed by atoms with E-state index < -0.39 is 0 Å². The molecule has 1 heterocycles. The van der Waals surface area contributed by atoms with E-state index in [1.807, 2.05) is 4.90 Å².